The summed E-state index contributed by atoms with van der Waals surface area (Å²) < 4.78 is 23.7. The van der Waals surface area contributed by atoms with Gasteiger partial charge in [0.1, 0.15) is 10.7 Å². The predicted molar refractivity (Wildman–Crippen MR) is 111 cm³/mol. The number of benzene rings is 2. The molecule has 2 N–H and O–H groups in total. The van der Waals surface area contributed by atoms with Gasteiger partial charge < -0.3 is 9.80 Å². The van der Waals surface area contributed by atoms with Gasteiger partial charge in [0.25, 0.3) is 5.69 Å². The molecule has 1 aliphatic heterocycles. The Morgan fingerprint density at radius 2 is 1.66 bits per heavy atom. The average Bonchev–Trinajstić information content (AvgIpc) is 2.72. The molecule has 0 saturated carbocycles. The first-order chi connectivity index (χ1) is 13.8. The number of nitrogens with two attached hydrogens (primary N) is 1. The van der Waals surface area contributed by atoms with Crippen molar-refractivity contribution in [2.75, 3.05) is 36.0 Å². The van der Waals surface area contributed by atoms with Crippen molar-refractivity contribution < 1.29 is 13.3 Å². The minimum absolute atomic E-state index is 0.0363. The molecule has 4 rings (SSSR count). The lowest BCUT2D eigenvalue weighted by molar-refractivity contribution is -0.384. The zero-order valence-electron chi connectivity index (χ0n) is 15.4. The number of fused-ring (bicyclic) bond motifs is 1. The fourth-order valence-electron chi connectivity index (χ4n) is 3.53. The topological polar surface area (TPSA) is 123 Å². The molecule has 150 valence electrons. The lowest BCUT2D eigenvalue weighted by atomic mass is 10.2. The van der Waals surface area contributed by atoms with E-state index in [0.29, 0.717) is 42.8 Å². The van der Waals surface area contributed by atoms with Crippen molar-refractivity contribution >= 4 is 38.1 Å². The number of para-hydroxylation sites is 1. The number of piperazine rings is 1. The van der Waals surface area contributed by atoms with E-state index in [1.165, 1.54) is 18.2 Å². The molecule has 10 heteroatoms. The standard InChI is InChI=1S/C19H19N5O4S/c20-29(27,28)18-4-2-1-3-17(18)22-9-11-23(12-10-22)19-8-5-14-13-15(24(25)26)6-7-16(14)21-19/h1-8,13H,9-12H2,(H2,20,27,28). The summed E-state index contributed by atoms with van der Waals surface area (Å²) in [4.78, 5) is 19.4. The Morgan fingerprint density at radius 1 is 0.966 bits per heavy atom. The number of sulfonamides is 1. The van der Waals surface area contributed by atoms with Crippen molar-refractivity contribution in [3.8, 4) is 0 Å². The number of nitro benzene ring substituents is 1. The number of hydrogen-bond donors (Lipinski definition) is 1. The number of non-ortho nitro benzene ring substituents is 1. The van der Waals surface area contributed by atoms with Crippen LogP contribution in [-0.4, -0.2) is 44.5 Å². The van der Waals surface area contributed by atoms with Gasteiger partial charge in [0.05, 0.1) is 16.1 Å². The third-order valence-electron chi connectivity index (χ3n) is 4.99. The third-order valence-corrected chi connectivity index (χ3v) is 5.94. The third kappa shape index (κ3) is 3.84. The smallest absolute Gasteiger partial charge is 0.270 e. The highest BCUT2D eigenvalue weighted by Crippen LogP contribution is 2.27. The number of hydrogen-bond acceptors (Lipinski definition) is 7. The Bertz CT molecular complexity index is 1190. The normalized spacial score (nSPS) is 14.9. The Balaban J connectivity index is 1.53. The maximum absolute atomic E-state index is 11.9. The summed E-state index contributed by atoms with van der Waals surface area (Å²) in [6, 6.07) is 15.0. The second kappa shape index (κ2) is 7.30. The van der Waals surface area contributed by atoms with Gasteiger partial charge in [-0.25, -0.2) is 18.5 Å². The van der Waals surface area contributed by atoms with Crippen LogP contribution in [-0.2, 0) is 10.0 Å². The van der Waals surface area contributed by atoms with Gasteiger partial charge in [-0.15, -0.1) is 0 Å². The molecule has 0 unspecified atom stereocenters. The van der Waals surface area contributed by atoms with E-state index in [1.807, 2.05) is 17.0 Å². The molecule has 1 saturated heterocycles. The first-order valence-corrected chi connectivity index (χ1v) is 10.5. The fourth-order valence-corrected chi connectivity index (χ4v) is 4.28. The molecule has 2 aromatic carbocycles. The molecule has 3 aromatic rings. The monoisotopic (exact) mass is 413 g/mol. The quantitative estimate of drug-likeness (QED) is 0.513. The zero-order valence-corrected chi connectivity index (χ0v) is 16.2. The van der Waals surface area contributed by atoms with Crippen molar-refractivity contribution in [3.63, 3.8) is 0 Å². The van der Waals surface area contributed by atoms with E-state index in [2.05, 4.69) is 9.88 Å². The molecule has 0 spiro atoms. The van der Waals surface area contributed by atoms with E-state index >= 15 is 0 Å². The summed E-state index contributed by atoms with van der Waals surface area (Å²) in [7, 11) is -3.80. The SMILES string of the molecule is NS(=O)(=O)c1ccccc1N1CCN(c2ccc3cc([N+](=O)[O-])ccc3n2)CC1. The van der Waals surface area contributed by atoms with E-state index in [4.69, 9.17) is 5.14 Å². The molecule has 29 heavy (non-hydrogen) atoms. The minimum Gasteiger partial charge on any atom is -0.367 e. The fraction of sp³-hybridized carbons (Fsp3) is 0.211. The van der Waals surface area contributed by atoms with Crippen molar-refractivity contribution in [3.05, 3.63) is 64.7 Å². The van der Waals surface area contributed by atoms with Gasteiger partial charge in [-0.3, -0.25) is 10.1 Å². The number of rotatable bonds is 4. The van der Waals surface area contributed by atoms with E-state index < -0.39 is 14.9 Å². The van der Waals surface area contributed by atoms with Crippen LogP contribution in [0.5, 0.6) is 0 Å². The van der Waals surface area contributed by atoms with Crippen LogP contribution in [0.15, 0.2) is 59.5 Å². The molecule has 0 atom stereocenters. The lowest BCUT2D eigenvalue weighted by Crippen LogP contribution is -2.47. The molecule has 2 heterocycles. The number of nitro groups is 1. The molecule has 0 bridgehead atoms. The summed E-state index contributed by atoms with van der Waals surface area (Å²) in [5, 5.41) is 17.0. The molecule has 0 amide bonds. The molecule has 0 radical (unpaired) electrons. The van der Waals surface area contributed by atoms with Gasteiger partial charge in [0.15, 0.2) is 0 Å². The highest BCUT2D eigenvalue weighted by molar-refractivity contribution is 7.89. The van der Waals surface area contributed by atoms with E-state index in [0.717, 1.165) is 5.82 Å². The average molecular weight is 413 g/mol. The molecule has 1 aromatic heterocycles. The van der Waals surface area contributed by atoms with Crippen LogP contribution in [0.4, 0.5) is 17.2 Å². The largest absolute Gasteiger partial charge is 0.367 e. The van der Waals surface area contributed by atoms with Crippen LogP contribution in [0.3, 0.4) is 0 Å². The van der Waals surface area contributed by atoms with Gasteiger partial charge in [0, 0.05) is 43.7 Å². The zero-order chi connectivity index (χ0) is 20.6. The number of primary sulfonamides is 1. The van der Waals surface area contributed by atoms with E-state index in [-0.39, 0.29) is 10.6 Å². The molecule has 0 aliphatic carbocycles. The summed E-state index contributed by atoms with van der Waals surface area (Å²) in [5.74, 6) is 0.783. The molecular weight excluding hydrogens is 394 g/mol. The first-order valence-electron chi connectivity index (χ1n) is 9.00. The van der Waals surface area contributed by atoms with Crippen LogP contribution in [0.25, 0.3) is 10.9 Å². The highest BCUT2D eigenvalue weighted by Gasteiger charge is 2.23. The number of nitrogens with zero attached hydrogens (tertiary/aromatic N) is 4. The summed E-state index contributed by atoms with van der Waals surface area (Å²) in [6.45, 7) is 2.55. The van der Waals surface area contributed by atoms with Crippen LogP contribution < -0.4 is 14.9 Å². The van der Waals surface area contributed by atoms with Crippen molar-refractivity contribution in [2.45, 2.75) is 4.90 Å². The number of anilines is 2. The van der Waals surface area contributed by atoms with E-state index in [9.17, 15) is 18.5 Å². The van der Waals surface area contributed by atoms with Crippen molar-refractivity contribution in [1.29, 1.82) is 0 Å². The van der Waals surface area contributed by atoms with Gasteiger partial charge in [0.2, 0.25) is 10.0 Å². The van der Waals surface area contributed by atoms with Crippen LogP contribution in [0.2, 0.25) is 0 Å². The van der Waals surface area contributed by atoms with Crippen LogP contribution >= 0.6 is 0 Å². The highest BCUT2D eigenvalue weighted by atomic mass is 32.2. The van der Waals surface area contributed by atoms with Crippen molar-refractivity contribution in [2.24, 2.45) is 5.14 Å². The Labute approximate surface area is 167 Å². The number of aromatic nitrogens is 1. The van der Waals surface area contributed by atoms with Gasteiger partial charge in [-0.1, -0.05) is 12.1 Å². The molecule has 1 fully saturated rings. The summed E-state index contributed by atoms with van der Waals surface area (Å²) >= 11 is 0. The van der Waals surface area contributed by atoms with E-state index in [1.54, 1.807) is 24.3 Å². The first kappa shape index (κ1) is 19.1. The maximum atomic E-state index is 11.9. The molecular formula is C19H19N5O4S. The summed E-state index contributed by atoms with van der Waals surface area (Å²) in [6.07, 6.45) is 0. The second-order valence-electron chi connectivity index (χ2n) is 6.79. The van der Waals surface area contributed by atoms with Gasteiger partial charge in [-0.05, 0) is 30.3 Å². The van der Waals surface area contributed by atoms with Crippen LogP contribution in [0, 0.1) is 10.1 Å². The Morgan fingerprint density at radius 3 is 2.34 bits per heavy atom. The van der Waals surface area contributed by atoms with Gasteiger partial charge >= 0.3 is 0 Å². The minimum atomic E-state index is -3.80. The maximum Gasteiger partial charge on any atom is 0.270 e. The summed E-state index contributed by atoms with van der Waals surface area (Å²) in [5.41, 5.74) is 1.33. The number of pyridine rings is 1. The lowest BCUT2D eigenvalue weighted by Gasteiger charge is -2.37. The molecule has 1 aliphatic rings. The Kier molecular flexibility index (Phi) is 4.81. The van der Waals surface area contributed by atoms with Gasteiger partial charge in [-0.2, -0.15) is 0 Å². The predicted octanol–water partition coefficient (Wildman–Crippen LogP) is 2.12. The van der Waals surface area contributed by atoms with Crippen molar-refractivity contribution in [1.82, 2.24) is 4.98 Å². The molecule has 9 nitrogen and oxygen atoms in total. The van der Waals surface area contributed by atoms with Crippen LogP contribution in [0.1, 0.15) is 0 Å². The second-order valence-corrected chi connectivity index (χ2v) is 8.32. The Hall–Kier alpha value is -3.24.